The van der Waals surface area contributed by atoms with Crippen LogP contribution in [0, 0.1) is 6.92 Å². The fourth-order valence-electron chi connectivity index (χ4n) is 3.59. The number of carbonyl (C=O) groups is 1. The van der Waals surface area contributed by atoms with Gasteiger partial charge >= 0.3 is 0 Å². The average molecular weight is 479 g/mol. The van der Waals surface area contributed by atoms with Crippen molar-refractivity contribution in [1.82, 2.24) is 14.2 Å². The number of sulfonamides is 1. The van der Waals surface area contributed by atoms with E-state index in [1.54, 1.807) is 6.07 Å². The van der Waals surface area contributed by atoms with Crippen molar-refractivity contribution in [2.24, 2.45) is 0 Å². The van der Waals surface area contributed by atoms with E-state index in [0.717, 1.165) is 21.8 Å². The van der Waals surface area contributed by atoms with Gasteiger partial charge in [0.25, 0.3) is 5.91 Å². The molecule has 1 saturated heterocycles. The van der Waals surface area contributed by atoms with Crippen LogP contribution in [0.25, 0.3) is 10.2 Å². The molecule has 7 nitrogen and oxygen atoms in total. The molecule has 0 unspecified atom stereocenters. The molecule has 1 N–H and O–H groups in total. The molecule has 2 aromatic carbocycles. The zero-order chi connectivity index (χ0) is 22.2. The lowest BCUT2D eigenvalue weighted by Crippen LogP contribution is -2.48. The predicted molar refractivity (Wildman–Crippen MR) is 125 cm³/mol. The van der Waals surface area contributed by atoms with E-state index in [0.29, 0.717) is 31.9 Å². The number of nitrogens with zero attached hydrogens (tertiary/aromatic N) is 3. The molecule has 0 atom stereocenters. The van der Waals surface area contributed by atoms with Gasteiger partial charge < -0.3 is 10.2 Å². The first-order valence-corrected chi connectivity index (χ1v) is 12.6. The SMILES string of the molecule is CCN1CCN(S(=O)(=O)c2ccc(Cl)c(C(=O)Nc3ccc4nc(C)sc4c3)c2)CC1. The summed E-state index contributed by atoms with van der Waals surface area (Å²) in [5, 5.41) is 3.95. The molecule has 3 aromatic rings. The molecule has 10 heteroatoms. The summed E-state index contributed by atoms with van der Waals surface area (Å²) in [5.74, 6) is -0.460. The van der Waals surface area contributed by atoms with Crippen LogP contribution in [-0.4, -0.2) is 61.2 Å². The molecule has 1 amide bonds. The van der Waals surface area contributed by atoms with Crippen LogP contribution in [0.1, 0.15) is 22.3 Å². The number of hydrogen-bond acceptors (Lipinski definition) is 6. The molecular weight excluding hydrogens is 456 g/mol. The summed E-state index contributed by atoms with van der Waals surface area (Å²) in [7, 11) is -3.70. The number of likely N-dealkylation sites (N-methyl/N-ethyl adjacent to an activating group) is 1. The maximum Gasteiger partial charge on any atom is 0.257 e. The Hall–Kier alpha value is -2.04. The van der Waals surface area contributed by atoms with Crippen LogP contribution >= 0.6 is 22.9 Å². The number of anilines is 1. The maximum absolute atomic E-state index is 13.1. The van der Waals surface area contributed by atoms with Crippen molar-refractivity contribution >= 4 is 54.8 Å². The highest BCUT2D eigenvalue weighted by atomic mass is 35.5. The van der Waals surface area contributed by atoms with Gasteiger partial charge in [0.15, 0.2) is 0 Å². The van der Waals surface area contributed by atoms with Crippen molar-refractivity contribution in [3.05, 3.63) is 52.0 Å². The summed E-state index contributed by atoms with van der Waals surface area (Å²) in [6.07, 6.45) is 0. The predicted octanol–water partition coefficient (Wildman–Crippen LogP) is 3.84. The Morgan fingerprint density at radius 1 is 1.16 bits per heavy atom. The van der Waals surface area contributed by atoms with Crippen LogP contribution in [-0.2, 0) is 10.0 Å². The highest BCUT2D eigenvalue weighted by Gasteiger charge is 2.29. The number of aryl methyl sites for hydroxylation is 1. The lowest BCUT2D eigenvalue weighted by atomic mass is 10.2. The molecule has 1 aliphatic rings. The highest BCUT2D eigenvalue weighted by molar-refractivity contribution is 7.89. The number of thiazole rings is 1. The fraction of sp³-hybridized carbons (Fsp3) is 0.333. The fourth-order valence-corrected chi connectivity index (χ4v) is 6.11. The van der Waals surface area contributed by atoms with Gasteiger partial charge in [-0.3, -0.25) is 4.79 Å². The number of aromatic nitrogens is 1. The van der Waals surface area contributed by atoms with Gasteiger partial charge in [0.1, 0.15) is 0 Å². The number of carbonyl (C=O) groups excluding carboxylic acids is 1. The van der Waals surface area contributed by atoms with Gasteiger partial charge in [-0.05, 0) is 49.9 Å². The quantitative estimate of drug-likeness (QED) is 0.602. The van der Waals surface area contributed by atoms with E-state index in [4.69, 9.17) is 11.6 Å². The van der Waals surface area contributed by atoms with E-state index in [2.05, 4.69) is 22.1 Å². The first-order chi connectivity index (χ1) is 14.8. The third-order valence-electron chi connectivity index (χ3n) is 5.35. The monoisotopic (exact) mass is 478 g/mol. The molecule has 0 bridgehead atoms. The lowest BCUT2D eigenvalue weighted by Gasteiger charge is -2.33. The number of hydrogen-bond donors (Lipinski definition) is 1. The Kier molecular flexibility index (Phi) is 6.32. The van der Waals surface area contributed by atoms with Gasteiger partial charge in [-0.25, -0.2) is 13.4 Å². The van der Waals surface area contributed by atoms with Crippen molar-refractivity contribution in [3.8, 4) is 0 Å². The van der Waals surface area contributed by atoms with E-state index < -0.39 is 15.9 Å². The standard InChI is InChI=1S/C21H23ClN4O3S2/c1-3-25-8-10-26(11-9-25)31(28,29)16-5-6-18(22)17(13-16)21(27)24-15-4-7-19-20(12-15)30-14(2)23-19/h4-7,12-13H,3,8-11H2,1-2H3,(H,24,27). The average Bonchev–Trinajstić information content (AvgIpc) is 3.13. The highest BCUT2D eigenvalue weighted by Crippen LogP contribution is 2.27. The number of rotatable bonds is 5. The zero-order valence-electron chi connectivity index (χ0n) is 17.3. The van der Waals surface area contributed by atoms with Gasteiger partial charge in [-0.15, -0.1) is 11.3 Å². The van der Waals surface area contributed by atoms with Gasteiger partial charge in [-0.1, -0.05) is 18.5 Å². The zero-order valence-corrected chi connectivity index (χ0v) is 19.6. The summed E-state index contributed by atoms with van der Waals surface area (Å²) in [6.45, 7) is 7.11. The molecule has 31 heavy (non-hydrogen) atoms. The van der Waals surface area contributed by atoms with E-state index >= 15 is 0 Å². The molecule has 2 heterocycles. The molecule has 1 aliphatic heterocycles. The number of halogens is 1. The lowest BCUT2D eigenvalue weighted by molar-refractivity contribution is 0.102. The Labute approximate surface area is 190 Å². The smallest absolute Gasteiger partial charge is 0.257 e. The third-order valence-corrected chi connectivity index (χ3v) is 8.51. The molecule has 1 fully saturated rings. The van der Waals surface area contributed by atoms with Crippen LogP contribution in [0.3, 0.4) is 0 Å². The second-order valence-corrected chi connectivity index (χ2v) is 10.9. The summed E-state index contributed by atoms with van der Waals surface area (Å²) in [6, 6.07) is 9.72. The minimum Gasteiger partial charge on any atom is -0.322 e. The molecule has 4 rings (SSSR count). The van der Waals surface area contributed by atoms with Gasteiger partial charge in [-0.2, -0.15) is 4.31 Å². The Bertz CT molecular complexity index is 1230. The normalized spacial score (nSPS) is 16.0. The number of nitrogens with one attached hydrogen (secondary N) is 1. The van der Waals surface area contributed by atoms with Crippen molar-refractivity contribution in [2.75, 3.05) is 38.0 Å². The summed E-state index contributed by atoms with van der Waals surface area (Å²) >= 11 is 7.78. The van der Waals surface area contributed by atoms with Crippen molar-refractivity contribution in [2.45, 2.75) is 18.7 Å². The molecule has 164 valence electrons. The van der Waals surface area contributed by atoms with E-state index in [9.17, 15) is 13.2 Å². The number of fused-ring (bicyclic) bond motifs is 1. The van der Waals surface area contributed by atoms with Gasteiger partial charge in [0, 0.05) is 31.9 Å². The number of amides is 1. The second-order valence-electron chi connectivity index (χ2n) is 7.35. The van der Waals surface area contributed by atoms with Crippen LogP contribution in [0.5, 0.6) is 0 Å². The van der Waals surface area contributed by atoms with Crippen LogP contribution < -0.4 is 5.32 Å². The van der Waals surface area contributed by atoms with Gasteiger partial charge in [0.2, 0.25) is 10.0 Å². The van der Waals surface area contributed by atoms with Crippen LogP contribution in [0.2, 0.25) is 5.02 Å². The van der Waals surface area contributed by atoms with E-state index in [-0.39, 0.29) is 15.5 Å². The molecule has 0 radical (unpaired) electrons. The Morgan fingerprint density at radius 3 is 2.61 bits per heavy atom. The van der Waals surface area contributed by atoms with Crippen LogP contribution in [0.4, 0.5) is 5.69 Å². The molecule has 0 spiro atoms. The molecule has 0 saturated carbocycles. The summed E-state index contributed by atoms with van der Waals surface area (Å²) < 4.78 is 28.6. The largest absolute Gasteiger partial charge is 0.322 e. The summed E-state index contributed by atoms with van der Waals surface area (Å²) in [4.78, 5) is 19.6. The Morgan fingerprint density at radius 2 is 1.90 bits per heavy atom. The van der Waals surface area contributed by atoms with Crippen molar-refractivity contribution < 1.29 is 13.2 Å². The number of benzene rings is 2. The van der Waals surface area contributed by atoms with Gasteiger partial charge in [0.05, 0.1) is 30.7 Å². The third kappa shape index (κ3) is 4.61. The first kappa shape index (κ1) is 22.2. The van der Waals surface area contributed by atoms with Crippen molar-refractivity contribution in [3.63, 3.8) is 0 Å². The minimum absolute atomic E-state index is 0.0699. The van der Waals surface area contributed by atoms with E-state index in [1.807, 2.05) is 19.1 Å². The van der Waals surface area contributed by atoms with Crippen LogP contribution in [0.15, 0.2) is 41.3 Å². The molecule has 0 aliphatic carbocycles. The Balaban J connectivity index is 1.57. The maximum atomic E-state index is 13.1. The van der Waals surface area contributed by atoms with E-state index in [1.165, 1.54) is 33.8 Å². The molecular formula is C21H23ClN4O3S2. The minimum atomic E-state index is -3.70. The second kappa shape index (κ2) is 8.84. The topological polar surface area (TPSA) is 82.6 Å². The molecule has 1 aromatic heterocycles. The van der Waals surface area contributed by atoms with Crippen molar-refractivity contribution in [1.29, 1.82) is 0 Å². The summed E-state index contributed by atoms with van der Waals surface area (Å²) in [5.41, 5.74) is 1.59. The first-order valence-electron chi connectivity index (χ1n) is 9.98. The number of piperazine rings is 1.